The molecule has 5 nitrogen and oxygen atoms in total. The van der Waals surface area contributed by atoms with E-state index in [0.29, 0.717) is 0 Å². The highest BCUT2D eigenvalue weighted by atomic mass is 19.2. The molecule has 2 rings (SSSR count). The predicted molar refractivity (Wildman–Crippen MR) is 49.3 cm³/mol. The van der Waals surface area contributed by atoms with Crippen molar-refractivity contribution >= 4 is 11.7 Å². The molecule has 1 aromatic rings. The van der Waals surface area contributed by atoms with Gasteiger partial charge in [0.15, 0.2) is 5.83 Å². The molecule has 1 aliphatic carbocycles. The van der Waals surface area contributed by atoms with Gasteiger partial charge in [0.2, 0.25) is 0 Å². The van der Waals surface area contributed by atoms with Crippen molar-refractivity contribution in [2.45, 2.75) is 6.42 Å². The average molecular weight is 227 g/mol. The smallest absolute Gasteiger partial charge is 0.313 e. The van der Waals surface area contributed by atoms with Crippen LogP contribution in [0.5, 0.6) is 0 Å². The average Bonchev–Trinajstić information content (AvgIpc) is 2.74. The van der Waals surface area contributed by atoms with Gasteiger partial charge in [0, 0.05) is 12.5 Å². The molecule has 0 bridgehead atoms. The number of carbonyl (C=O) groups is 1. The summed E-state index contributed by atoms with van der Waals surface area (Å²) in [6.07, 6.45) is 2.94. The van der Waals surface area contributed by atoms with Crippen LogP contribution in [-0.4, -0.2) is 26.1 Å². The van der Waals surface area contributed by atoms with Gasteiger partial charge >= 0.3 is 5.97 Å². The van der Waals surface area contributed by atoms with E-state index in [0.717, 1.165) is 10.9 Å². The van der Waals surface area contributed by atoms with Crippen molar-refractivity contribution in [2.75, 3.05) is 0 Å². The maximum Gasteiger partial charge on any atom is 0.313 e. The molecule has 1 aromatic heterocycles. The van der Waals surface area contributed by atoms with Gasteiger partial charge in [0.05, 0.1) is 18.1 Å². The second kappa shape index (κ2) is 3.84. The van der Waals surface area contributed by atoms with Crippen LogP contribution in [-0.2, 0) is 4.79 Å². The summed E-state index contributed by atoms with van der Waals surface area (Å²) in [4.78, 5) is 11.9. The quantitative estimate of drug-likeness (QED) is 0.828. The van der Waals surface area contributed by atoms with Crippen molar-refractivity contribution in [1.82, 2.24) is 15.0 Å². The van der Waals surface area contributed by atoms with Crippen LogP contribution in [0, 0.1) is 5.92 Å². The van der Waals surface area contributed by atoms with E-state index < -0.39 is 30.0 Å². The first-order valence-electron chi connectivity index (χ1n) is 4.45. The number of aliphatic carboxylic acids is 1. The molecule has 1 atom stereocenters. The minimum Gasteiger partial charge on any atom is -0.481 e. The van der Waals surface area contributed by atoms with Crippen molar-refractivity contribution in [3.8, 4) is 0 Å². The highest BCUT2D eigenvalue weighted by Gasteiger charge is 2.31. The van der Waals surface area contributed by atoms with Crippen molar-refractivity contribution in [3.63, 3.8) is 0 Å². The van der Waals surface area contributed by atoms with E-state index in [9.17, 15) is 13.6 Å². The van der Waals surface area contributed by atoms with Crippen molar-refractivity contribution in [1.29, 1.82) is 0 Å². The Balaban J connectivity index is 2.45. The molecular weight excluding hydrogens is 220 g/mol. The molecular formula is C9H7F2N3O2. The SMILES string of the molecule is O=C(O)C1CC(F)=C(F)C=C1n1nccn1. The Labute approximate surface area is 88.7 Å². The zero-order valence-electron chi connectivity index (χ0n) is 7.97. The van der Waals surface area contributed by atoms with Gasteiger partial charge in [-0.3, -0.25) is 4.79 Å². The second-order valence-electron chi connectivity index (χ2n) is 3.24. The van der Waals surface area contributed by atoms with Gasteiger partial charge in [-0.2, -0.15) is 15.0 Å². The molecule has 0 amide bonds. The van der Waals surface area contributed by atoms with Crippen LogP contribution in [0.4, 0.5) is 8.78 Å². The standard InChI is InChI=1S/C9H7F2N3O2/c10-6-3-5(9(15)16)8(4-7(6)11)14-12-1-2-13-14/h1-2,4-5H,3H2,(H,15,16). The Kier molecular flexibility index (Phi) is 2.51. The fourth-order valence-corrected chi connectivity index (χ4v) is 1.45. The van der Waals surface area contributed by atoms with Crippen molar-refractivity contribution in [3.05, 3.63) is 30.1 Å². The number of carboxylic acids is 1. The highest BCUT2D eigenvalue weighted by Crippen LogP contribution is 2.32. The summed E-state index contributed by atoms with van der Waals surface area (Å²) in [5, 5.41) is 16.3. The zero-order valence-corrected chi connectivity index (χ0v) is 7.97. The third-order valence-electron chi connectivity index (χ3n) is 2.22. The maximum atomic E-state index is 13.0. The normalized spacial score (nSPS) is 20.9. The first-order chi connectivity index (χ1) is 7.59. The van der Waals surface area contributed by atoms with Gasteiger partial charge in [0.1, 0.15) is 11.7 Å². The van der Waals surface area contributed by atoms with Crippen molar-refractivity contribution < 1.29 is 18.7 Å². The summed E-state index contributed by atoms with van der Waals surface area (Å²) in [6.45, 7) is 0. The van der Waals surface area contributed by atoms with Crippen LogP contribution in [0.25, 0.3) is 5.70 Å². The molecule has 0 aromatic carbocycles. The molecule has 1 N–H and O–H groups in total. The molecule has 7 heteroatoms. The molecule has 84 valence electrons. The van der Waals surface area contributed by atoms with E-state index in [-0.39, 0.29) is 5.70 Å². The monoisotopic (exact) mass is 227 g/mol. The Morgan fingerprint density at radius 2 is 2.06 bits per heavy atom. The third-order valence-corrected chi connectivity index (χ3v) is 2.22. The topological polar surface area (TPSA) is 68.0 Å². The van der Waals surface area contributed by atoms with Crippen LogP contribution >= 0.6 is 0 Å². The molecule has 0 radical (unpaired) electrons. The number of halogens is 2. The Hall–Kier alpha value is -2.05. The van der Waals surface area contributed by atoms with Gasteiger partial charge in [-0.15, -0.1) is 0 Å². The van der Waals surface area contributed by atoms with E-state index >= 15 is 0 Å². The highest BCUT2D eigenvalue weighted by molar-refractivity contribution is 5.83. The van der Waals surface area contributed by atoms with E-state index in [2.05, 4.69) is 10.2 Å². The lowest BCUT2D eigenvalue weighted by Crippen LogP contribution is -2.23. The Bertz CT molecular complexity index is 479. The summed E-state index contributed by atoms with van der Waals surface area (Å²) < 4.78 is 26.0. The Morgan fingerprint density at radius 1 is 1.44 bits per heavy atom. The molecule has 0 saturated heterocycles. The number of rotatable bonds is 2. The zero-order chi connectivity index (χ0) is 11.7. The summed E-state index contributed by atoms with van der Waals surface area (Å²) in [5.74, 6) is -4.56. The summed E-state index contributed by atoms with van der Waals surface area (Å²) in [6, 6.07) is 0. The van der Waals surface area contributed by atoms with Crippen LogP contribution in [0.3, 0.4) is 0 Å². The number of hydrogen-bond acceptors (Lipinski definition) is 3. The number of hydrogen-bond donors (Lipinski definition) is 1. The van der Waals surface area contributed by atoms with Crippen LogP contribution in [0.1, 0.15) is 6.42 Å². The Morgan fingerprint density at radius 3 is 2.62 bits per heavy atom. The van der Waals surface area contributed by atoms with Gasteiger partial charge in [-0.1, -0.05) is 0 Å². The lowest BCUT2D eigenvalue weighted by atomic mass is 9.96. The molecule has 16 heavy (non-hydrogen) atoms. The van der Waals surface area contributed by atoms with Gasteiger partial charge in [-0.05, 0) is 0 Å². The lowest BCUT2D eigenvalue weighted by molar-refractivity contribution is -0.140. The number of carboxylic acid groups (broad SMARTS) is 1. The minimum atomic E-state index is -1.24. The summed E-state index contributed by atoms with van der Waals surface area (Å²) >= 11 is 0. The van der Waals surface area contributed by atoms with Crippen LogP contribution < -0.4 is 0 Å². The van der Waals surface area contributed by atoms with Crippen LogP contribution in [0.15, 0.2) is 30.1 Å². The summed E-state index contributed by atoms with van der Waals surface area (Å²) in [7, 11) is 0. The van der Waals surface area contributed by atoms with Gasteiger partial charge in [-0.25, -0.2) is 8.78 Å². The fourth-order valence-electron chi connectivity index (χ4n) is 1.45. The third kappa shape index (κ3) is 1.71. The minimum absolute atomic E-state index is 0.0106. The fraction of sp³-hybridized carbons (Fsp3) is 0.222. The number of allylic oxidation sites excluding steroid dienone is 3. The van der Waals surface area contributed by atoms with E-state index in [1.54, 1.807) is 0 Å². The van der Waals surface area contributed by atoms with Crippen LogP contribution in [0.2, 0.25) is 0 Å². The first-order valence-corrected chi connectivity index (χ1v) is 4.45. The van der Waals surface area contributed by atoms with E-state index in [1.807, 2.05) is 0 Å². The molecule has 0 fully saturated rings. The first kappa shape index (κ1) is 10.5. The number of aromatic nitrogens is 3. The molecule has 0 saturated carbocycles. The molecule has 1 aliphatic rings. The molecule has 0 spiro atoms. The molecule has 0 aliphatic heterocycles. The largest absolute Gasteiger partial charge is 0.481 e. The van der Waals surface area contributed by atoms with E-state index in [1.165, 1.54) is 12.4 Å². The number of nitrogens with zero attached hydrogens (tertiary/aromatic N) is 3. The molecule has 1 heterocycles. The summed E-state index contributed by atoms with van der Waals surface area (Å²) in [5.41, 5.74) is 0.0106. The van der Waals surface area contributed by atoms with Gasteiger partial charge < -0.3 is 5.11 Å². The van der Waals surface area contributed by atoms with E-state index in [4.69, 9.17) is 5.11 Å². The predicted octanol–water partition coefficient (Wildman–Crippen LogP) is 1.37. The van der Waals surface area contributed by atoms with Gasteiger partial charge in [0.25, 0.3) is 0 Å². The molecule has 1 unspecified atom stereocenters. The maximum absolute atomic E-state index is 13.0. The van der Waals surface area contributed by atoms with Crippen molar-refractivity contribution in [2.24, 2.45) is 5.92 Å². The second-order valence-corrected chi connectivity index (χ2v) is 3.24. The lowest BCUT2D eigenvalue weighted by Gasteiger charge is -2.18.